The van der Waals surface area contributed by atoms with Crippen LogP contribution >= 0.6 is 0 Å². The van der Waals surface area contributed by atoms with Crippen molar-refractivity contribution in [1.82, 2.24) is 4.90 Å². The number of aryl methyl sites for hydroxylation is 1. The number of benzene rings is 1. The Morgan fingerprint density at radius 1 is 1.32 bits per heavy atom. The molecule has 1 aromatic carbocycles. The molecule has 0 spiro atoms. The minimum absolute atomic E-state index is 0.0759. The van der Waals surface area contributed by atoms with Gasteiger partial charge in [-0.1, -0.05) is 19.9 Å². The number of nitrogens with zero attached hydrogens (tertiary/aromatic N) is 1. The third-order valence-electron chi connectivity index (χ3n) is 3.96. The molecule has 1 rings (SSSR count). The lowest BCUT2D eigenvalue weighted by Gasteiger charge is -2.30. The smallest absolute Gasteiger partial charge is 0.151 e. The van der Waals surface area contributed by atoms with Gasteiger partial charge in [-0.3, -0.25) is 4.90 Å². The maximum Gasteiger partial charge on any atom is 0.151 e. The van der Waals surface area contributed by atoms with Crippen LogP contribution in [-0.4, -0.2) is 49.1 Å². The van der Waals surface area contributed by atoms with Crippen molar-refractivity contribution < 1.29 is 17.9 Å². The second kappa shape index (κ2) is 8.04. The zero-order valence-electron chi connectivity index (χ0n) is 13.7. The van der Waals surface area contributed by atoms with E-state index >= 15 is 0 Å². The highest BCUT2D eigenvalue weighted by Gasteiger charge is 2.22. The lowest BCUT2D eigenvalue weighted by atomic mass is 10.0. The zero-order chi connectivity index (χ0) is 16.9. The molecule has 0 saturated heterocycles. The van der Waals surface area contributed by atoms with Crippen LogP contribution in [0, 0.1) is 12.7 Å². The molecular weight excluding hydrogens is 305 g/mol. The summed E-state index contributed by atoms with van der Waals surface area (Å²) in [5.74, 6) is -0.135. The maximum atomic E-state index is 13.1. The molecule has 0 aliphatic heterocycles. The molecule has 0 heterocycles. The molecule has 0 bridgehead atoms. The van der Waals surface area contributed by atoms with Crippen molar-refractivity contribution in [2.24, 2.45) is 0 Å². The highest BCUT2D eigenvalue weighted by molar-refractivity contribution is 7.91. The van der Waals surface area contributed by atoms with Crippen molar-refractivity contribution in [1.29, 1.82) is 0 Å². The molecular formula is C16H26FNO3S. The van der Waals surface area contributed by atoms with Crippen LogP contribution in [0.2, 0.25) is 0 Å². The standard InChI is InChI=1S/C16H26FNO3S/c1-5-18(13(4)11-22(20,21)6-2)10-16(19)15-8-7-14(17)9-12(15)3/h7-9,13,16,19H,5-6,10-11H2,1-4H3. The molecule has 0 fully saturated rings. The summed E-state index contributed by atoms with van der Waals surface area (Å²) in [4.78, 5) is 1.93. The molecule has 1 aromatic rings. The van der Waals surface area contributed by atoms with E-state index in [0.717, 1.165) is 0 Å². The maximum absolute atomic E-state index is 13.1. The van der Waals surface area contributed by atoms with Gasteiger partial charge in [0, 0.05) is 18.3 Å². The third kappa shape index (κ3) is 5.34. The normalized spacial score (nSPS) is 15.0. The fraction of sp³-hybridized carbons (Fsp3) is 0.625. The summed E-state index contributed by atoms with van der Waals surface area (Å²) in [6, 6.07) is 4.12. The van der Waals surface area contributed by atoms with Gasteiger partial charge in [0.05, 0.1) is 11.9 Å². The number of rotatable bonds is 8. The SMILES string of the molecule is CCN(CC(O)c1ccc(F)cc1C)C(C)CS(=O)(=O)CC. The molecule has 0 amide bonds. The summed E-state index contributed by atoms with van der Waals surface area (Å²) >= 11 is 0. The van der Waals surface area contributed by atoms with E-state index in [1.807, 2.05) is 18.7 Å². The predicted molar refractivity (Wildman–Crippen MR) is 87.1 cm³/mol. The summed E-state index contributed by atoms with van der Waals surface area (Å²) in [5.41, 5.74) is 1.36. The van der Waals surface area contributed by atoms with Gasteiger partial charge in [-0.15, -0.1) is 0 Å². The number of sulfone groups is 1. The number of halogens is 1. The van der Waals surface area contributed by atoms with E-state index < -0.39 is 15.9 Å². The first-order valence-corrected chi connectivity index (χ1v) is 9.40. The fourth-order valence-electron chi connectivity index (χ4n) is 2.54. The molecule has 2 atom stereocenters. The van der Waals surface area contributed by atoms with Gasteiger partial charge in [-0.05, 0) is 43.7 Å². The Hall–Kier alpha value is -0.980. The highest BCUT2D eigenvalue weighted by atomic mass is 32.2. The van der Waals surface area contributed by atoms with Crippen LogP contribution in [0.1, 0.15) is 38.0 Å². The van der Waals surface area contributed by atoms with Gasteiger partial charge >= 0.3 is 0 Å². The molecule has 2 unspecified atom stereocenters. The van der Waals surface area contributed by atoms with Gasteiger partial charge in [-0.25, -0.2) is 12.8 Å². The number of aliphatic hydroxyl groups excluding tert-OH is 1. The van der Waals surface area contributed by atoms with E-state index in [2.05, 4.69) is 0 Å². The summed E-state index contributed by atoms with van der Waals surface area (Å²) in [6.07, 6.45) is -0.771. The highest BCUT2D eigenvalue weighted by Crippen LogP contribution is 2.20. The minimum Gasteiger partial charge on any atom is -0.387 e. The average Bonchev–Trinajstić information content (AvgIpc) is 2.43. The van der Waals surface area contributed by atoms with Gasteiger partial charge in [0.2, 0.25) is 0 Å². The van der Waals surface area contributed by atoms with Crippen LogP contribution < -0.4 is 0 Å². The summed E-state index contributed by atoms with van der Waals surface area (Å²) in [5, 5.41) is 10.4. The molecule has 6 heteroatoms. The van der Waals surface area contributed by atoms with E-state index in [1.165, 1.54) is 12.1 Å². The first-order chi connectivity index (χ1) is 10.2. The Morgan fingerprint density at radius 3 is 2.45 bits per heavy atom. The van der Waals surface area contributed by atoms with Crippen molar-refractivity contribution in [3.05, 3.63) is 35.1 Å². The van der Waals surface area contributed by atoms with E-state index in [4.69, 9.17) is 0 Å². The number of likely N-dealkylation sites (N-methyl/N-ethyl adjacent to an activating group) is 1. The quantitative estimate of drug-likeness (QED) is 0.794. The molecule has 0 radical (unpaired) electrons. The second-order valence-corrected chi connectivity index (χ2v) is 8.05. The average molecular weight is 331 g/mol. The van der Waals surface area contributed by atoms with E-state index in [1.54, 1.807) is 19.9 Å². The molecule has 4 nitrogen and oxygen atoms in total. The Bertz CT molecular complexity index is 589. The second-order valence-electron chi connectivity index (χ2n) is 5.65. The lowest BCUT2D eigenvalue weighted by Crippen LogP contribution is -2.40. The Labute approximate surface area is 132 Å². The van der Waals surface area contributed by atoms with Crippen molar-refractivity contribution in [2.45, 2.75) is 39.8 Å². The fourth-order valence-corrected chi connectivity index (χ4v) is 3.73. The van der Waals surface area contributed by atoms with Crippen LogP contribution in [0.15, 0.2) is 18.2 Å². The zero-order valence-corrected chi connectivity index (χ0v) is 14.5. The van der Waals surface area contributed by atoms with E-state index in [0.29, 0.717) is 24.2 Å². The van der Waals surface area contributed by atoms with Crippen molar-refractivity contribution in [3.8, 4) is 0 Å². The summed E-state index contributed by atoms with van der Waals surface area (Å²) < 4.78 is 36.6. The molecule has 1 N–H and O–H groups in total. The predicted octanol–water partition coefficient (Wildman–Crippen LogP) is 2.31. The Balaban J connectivity index is 2.80. The monoisotopic (exact) mass is 331 g/mol. The van der Waals surface area contributed by atoms with Gasteiger partial charge < -0.3 is 5.11 Å². The molecule has 126 valence electrons. The summed E-state index contributed by atoms with van der Waals surface area (Å²) in [7, 11) is -3.06. The van der Waals surface area contributed by atoms with Crippen LogP contribution in [0.3, 0.4) is 0 Å². The molecule has 0 aromatic heterocycles. The van der Waals surface area contributed by atoms with Crippen molar-refractivity contribution in [2.75, 3.05) is 24.6 Å². The number of hydrogen-bond acceptors (Lipinski definition) is 4. The van der Waals surface area contributed by atoms with Crippen molar-refractivity contribution >= 4 is 9.84 Å². The van der Waals surface area contributed by atoms with Gasteiger partial charge in [0.25, 0.3) is 0 Å². The molecule has 0 aliphatic rings. The Morgan fingerprint density at radius 2 is 1.95 bits per heavy atom. The molecule has 0 saturated carbocycles. The van der Waals surface area contributed by atoms with Crippen LogP contribution in [0.4, 0.5) is 4.39 Å². The number of hydrogen-bond donors (Lipinski definition) is 1. The Kier molecular flexibility index (Phi) is 6.97. The van der Waals surface area contributed by atoms with Crippen LogP contribution in [0.5, 0.6) is 0 Å². The summed E-state index contributed by atoms with van der Waals surface area (Å²) in [6.45, 7) is 8.12. The van der Waals surface area contributed by atoms with Crippen molar-refractivity contribution in [3.63, 3.8) is 0 Å². The van der Waals surface area contributed by atoms with Crippen LogP contribution in [-0.2, 0) is 9.84 Å². The molecule has 22 heavy (non-hydrogen) atoms. The van der Waals surface area contributed by atoms with E-state index in [9.17, 15) is 17.9 Å². The van der Waals surface area contributed by atoms with Crippen LogP contribution in [0.25, 0.3) is 0 Å². The number of aliphatic hydroxyl groups is 1. The first kappa shape index (κ1) is 19.1. The van der Waals surface area contributed by atoms with Gasteiger partial charge in [-0.2, -0.15) is 0 Å². The first-order valence-electron chi connectivity index (χ1n) is 7.58. The van der Waals surface area contributed by atoms with Gasteiger partial charge in [0.1, 0.15) is 5.82 Å². The van der Waals surface area contributed by atoms with E-state index in [-0.39, 0.29) is 23.4 Å². The minimum atomic E-state index is -3.06. The topological polar surface area (TPSA) is 57.6 Å². The lowest BCUT2D eigenvalue weighted by molar-refractivity contribution is 0.0993. The largest absolute Gasteiger partial charge is 0.387 e. The molecule has 0 aliphatic carbocycles. The third-order valence-corrected chi connectivity index (χ3v) is 5.83. The van der Waals surface area contributed by atoms with Gasteiger partial charge in [0.15, 0.2) is 9.84 Å².